The smallest absolute Gasteiger partial charge is 0.397 e. The van der Waals surface area contributed by atoms with E-state index in [1.54, 1.807) is 23.9 Å². The number of rotatable bonds is 3. The van der Waals surface area contributed by atoms with E-state index in [4.69, 9.17) is 0 Å². The molecule has 1 rings (SSSR count). The molecule has 6 nitrogen and oxygen atoms in total. The molecule has 1 aromatic rings. The van der Waals surface area contributed by atoms with E-state index in [9.17, 15) is 9.59 Å². The number of hydrogen-bond acceptors (Lipinski definition) is 4. The minimum absolute atomic E-state index is 0.104. The van der Waals surface area contributed by atoms with Crippen LogP contribution < -0.4 is 5.32 Å². The Hall–Kier alpha value is -1.85. The van der Waals surface area contributed by atoms with E-state index >= 15 is 0 Å². The average molecular weight is 225 g/mol. The van der Waals surface area contributed by atoms with Crippen molar-refractivity contribution in [2.75, 3.05) is 11.9 Å². The van der Waals surface area contributed by atoms with Crippen molar-refractivity contribution in [1.29, 1.82) is 0 Å². The lowest BCUT2D eigenvalue weighted by Gasteiger charge is -2.11. The van der Waals surface area contributed by atoms with Gasteiger partial charge in [-0.05, 0) is 20.8 Å². The van der Waals surface area contributed by atoms with Crippen LogP contribution in [-0.4, -0.2) is 28.3 Å². The molecule has 0 saturated carbocycles. The van der Waals surface area contributed by atoms with E-state index in [-0.39, 0.29) is 12.6 Å². The van der Waals surface area contributed by atoms with E-state index in [1.807, 2.05) is 13.8 Å². The van der Waals surface area contributed by atoms with Gasteiger partial charge in [0.2, 0.25) is 0 Å². The largest absolute Gasteiger partial charge is 0.459 e. The second kappa shape index (κ2) is 5.29. The Morgan fingerprint density at radius 2 is 2.25 bits per heavy atom. The molecule has 1 N–H and O–H groups in total. The topological polar surface area (TPSA) is 73.2 Å². The fourth-order valence-corrected chi connectivity index (χ4v) is 1.19. The molecule has 0 saturated heterocycles. The summed E-state index contributed by atoms with van der Waals surface area (Å²) in [5, 5.41) is 6.47. The highest BCUT2D eigenvalue weighted by Gasteiger charge is 2.17. The number of anilines is 1. The van der Waals surface area contributed by atoms with Gasteiger partial charge >= 0.3 is 11.9 Å². The van der Waals surface area contributed by atoms with Crippen LogP contribution in [0.2, 0.25) is 0 Å². The second-order valence-corrected chi connectivity index (χ2v) is 3.43. The minimum Gasteiger partial charge on any atom is -0.459 e. The van der Waals surface area contributed by atoms with E-state index in [1.165, 1.54) is 0 Å². The number of carbonyl (C=O) groups is 2. The van der Waals surface area contributed by atoms with Crippen molar-refractivity contribution in [3.63, 3.8) is 0 Å². The van der Waals surface area contributed by atoms with Gasteiger partial charge in [-0.15, -0.1) is 0 Å². The highest BCUT2D eigenvalue weighted by molar-refractivity contribution is 6.37. The molecule has 0 aliphatic rings. The molecule has 0 unspecified atom stereocenters. The summed E-state index contributed by atoms with van der Waals surface area (Å²) in [5.74, 6) is -1.20. The third-order valence-electron chi connectivity index (χ3n) is 1.86. The first-order chi connectivity index (χ1) is 7.56. The maximum Gasteiger partial charge on any atom is 0.397 e. The summed E-state index contributed by atoms with van der Waals surface area (Å²) in [6.45, 7) is 5.67. The molecule has 0 aromatic carbocycles. The predicted octanol–water partition coefficient (Wildman–Crippen LogP) is 0.966. The average Bonchev–Trinajstić information content (AvgIpc) is 2.66. The molecule has 0 fully saturated rings. The molecular weight excluding hydrogens is 210 g/mol. The summed E-state index contributed by atoms with van der Waals surface area (Å²) < 4.78 is 6.18. The van der Waals surface area contributed by atoms with Gasteiger partial charge in [-0.3, -0.25) is 4.79 Å². The van der Waals surface area contributed by atoms with Gasteiger partial charge in [-0.25, -0.2) is 9.48 Å². The van der Waals surface area contributed by atoms with Gasteiger partial charge in [0, 0.05) is 12.1 Å². The van der Waals surface area contributed by atoms with Crippen LogP contribution in [0.3, 0.4) is 0 Å². The molecule has 6 heteroatoms. The van der Waals surface area contributed by atoms with Gasteiger partial charge in [-0.1, -0.05) is 0 Å². The van der Waals surface area contributed by atoms with Crippen molar-refractivity contribution in [2.24, 2.45) is 0 Å². The monoisotopic (exact) mass is 225 g/mol. The first-order valence-electron chi connectivity index (χ1n) is 5.07. The lowest BCUT2D eigenvalue weighted by Crippen LogP contribution is -2.26. The molecular formula is C10H15N3O3. The Morgan fingerprint density at radius 3 is 2.81 bits per heavy atom. The zero-order valence-corrected chi connectivity index (χ0v) is 9.56. The van der Waals surface area contributed by atoms with Crippen LogP contribution >= 0.6 is 0 Å². The lowest BCUT2D eigenvalue weighted by atomic mass is 10.4. The summed E-state index contributed by atoms with van der Waals surface area (Å²) in [5.41, 5.74) is 0. The maximum atomic E-state index is 11.3. The van der Waals surface area contributed by atoms with E-state index in [2.05, 4.69) is 15.2 Å². The highest BCUT2D eigenvalue weighted by atomic mass is 16.5. The number of ether oxygens (including phenoxy) is 1. The Labute approximate surface area is 93.6 Å². The molecule has 88 valence electrons. The Balaban J connectivity index is 2.69. The SMILES string of the molecule is CCOC(=O)C(=O)Nc1ccnn1C(C)C. The van der Waals surface area contributed by atoms with Crippen LogP contribution in [0.25, 0.3) is 0 Å². The number of esters is 1. The Bertz CT molecular complexity index is 384. The van der Waals surface area contributed by atoms with E-state index in [0.717, 1.165) is 0 Å². The zero-order chi connectivity index (χ0) is 12.1. The van der Waals surface area contributed by atoms with Crippen molar-refractivity contribution >= 4 is 17.7 Å². The first-order valence-corrected chi connectivity index (χ1v) is 5.07. The van der Waals surface area contributed by atoms with Gasteiger partial charge in [0.25, 0.3) is 0 Å². The van der Waals surface area contributed by atoms with Gasteiger partial charge in [-0.2, -0.15) is 5.10 Å². The third-order valence-corrected chi connectivity index (χ3v) is 1.86. The zero-order valence-electron chi connectivity index (χ0n) is 9.56. The van der Waals surface area contributed by atoms with Crippen molar-refractivity contribution in [3.05, 3.63) is 12.3 Å². The van der Waals surface area contributed by atoms with Crippen molar-refractivity contribution in [1.82, 2.24) is 9.78 Å². The first kappa shape index (κ1) is 12.2. The number of amides is 1. The van der Waals surface area contributed by atoms with Gasteiger partial charge in [0.1, 0.15) is 5.82 Å². The van der Waals surface area contributed by atoms with Crippen molar-refractivity contribution in [2.45, 2.75) is 26.8 Å². The number of nitrogens with one attached hydrogen (secondary N) is 1. The molecule has 1 aromatic heterocycles. The molecule has 0 radical (unpaired) electrons. The summed E-state index contributed by atoms with van der Waals surface area (Å²) in [6, 6.07) is 1.73. The Morgan fingerprint density at radius 1 is 1.56 bits per heavy atom. The van der Waals surface area contributed by atoms with E-state index in [0.29, 0.717) is 5.82 Å². The standard InChI is InChI=1S/C10H15N3O3/c1-4-16-10(15)9(14)12-8-5-6-11-13(8)7(2)3/h5-7H,4H2,1-3H3,(H,12,14). The van der Waals surface area contributed by atoms with Crippen LogP contribution in [0.5, 0.6) is 0 Å². The molecule has 16 heavy (non-hydrogen) atoms. The van der Waals surface area contributed by atoms with Crippen molar-refractivity contribution in [3.8, 4) is 0 Å². The molecule has 0 bridgehead atoms. The summed E-state index contributed by atoms with van der Waals surface area (Å²) in [7, 11) is 0. The summed E-state index contributed by atoms with van der Waals surface area (Å²) >= 11 is 0. The van der Waals surface area contributed by atoms with Crippen LogP contribution in [0.1, 0.15) is 26.8 Å². The maximum absolute atomic E-state index is 11.3. The third kappa shape index (κ3) is 2.82. The number of nitrogens with zero attached hydrogens (tertiary/aromatic N) is 2. The molecule has 0 aliphatic heterocycles. The van der Waals surface area contributed by atoms with Crippen LogP contribution in [-0.2, 0) is 14.3 Å². The quantitative estimate of drug-likeness (QED) is 0.614. The van der Waals surface area contributed by atoms with Crippen molar-refractivity contribution < 1.29 is 14.3 Å². The Kier molecular flexibility index (Phi) is 4.04. The van der Waals surface area contributed by atoms with Crippen LogP contribution in [0.15, 0.2) is 12.3 Å². The molecule has 0 spiro atoms. The van der Waals surface area contributed by atoms with Crippen LogP contribution in [0.4, 0.5) is 5.82 Å². The van der Waals surface area contributed by atoms with Gasteiger partial charge in [0.15, 0.2) is 0 Å². The number of carbonyl (C=O) groups excluding carboxylic acids is 2. The minimum atomic E-state index is -0.890. The molecule has 1 amide bonds. The fraction of sp³-hybridized carbons (Fsp3) is 0.500. The van der Waals surface area contributed by atoms with E-state index < -0.39 is 11.9 Å². The van der Waals surface area contributed by atoms with Crippen LogP contribution in [0, 0.1) is 0 Å². The summed E-state index contributed by atoms with van der Waals surface area (Å²) in [6.07, 6.45) is 1.56. The lowest BCUT2D eigenvalue weighted by molar-refractivity contribution is -0.152. The highest BCUT2D eigenvalue weighted by Crippen LogP contribution is 2.12. The normalized spacial score (nSPS) is 10.2. The summed E-state index contributed by atoms with van der Waals surface area (Å²) in [4.78, 5) is 22.4. The molecule has 1 heterocycles. The molecule has 0 aliphatic carbocycles. The fourth-order valence-electron chi connectivity index (χ4n) is 1.19. The number of aromatic nitrogens is 2. The number of hydrogen-bond donors (Lipinski definition) is 1. The van der Waals surface area contributed by atoms with Gasteiger partial charge in [0.05, 0.1) is 12.8 Å². The predicted molar refractivity (Wildman–Crippen MR) is 57.9 cm³/mol. The van der Waals surface area contributed by atoms with Gasteiger partial charge < -0.3 is 10.1 Å². The molecule has 0 atom stereocenters. The second-order valence-electron chi connectivity index (χ2n) is 3.43.